The standard InChI is InChI=1S/C22H24N4O7/c27-17(12-24-9-3-4-10-24)23-11-19(29)33-13-25-18(28)8-7-16(22(25)32)26-20(30)14-5-1-2-6-15(14)21(26)31/h1-2,5-6,16H,3-4,7-13H2,(H,23,27). The molecular formula is C22H24N4O7. The zero-order chi connectivity index (χ0) is 23.5. The van der Waals surface area contributed by atoms with Crippen LogP contribution in [0.4, 0.5) is 0 Å². The van der Waals surface area contributed by atoms with E-state index in [1.807, 2.05) is 4.90 Å². The second-order valence-electron chi connectivity index (χ2n) is 8.15. The molecule has 1 atom stereocenters. The lowest BCUT2D eigenvalue weighted by Crippen LogP contribution is -2.56. The third-order valence-electron chi connectivity index (χ3n) is 5.97. The fourth-order valence-corrected chi connectivity index (χ4v) is 4.25. The molecule has 0 saturated carbocycles. The van der Waals surface area contributed by atoms with Crippen LogP contribution in [0, 0.1) is 0 Å². The summed E-state index contributed by atoms with van der Waals surface area (Å²) < 4.78 is 5.00. The predicted molar refractivity (Wildman–Crippen MR) is 111 cm³/mol. The number of fused-ring (bicyclic) bond motifs is 1. The van der Waals surface area contributed by atoms with Crippen LogP contribution in [0.1, 0.15) is 46.4 Å². The van der Waals surface area contributed by atoms with Crippen LogP contribution in [0.5, 0.6) is 0 Å². The average molecular weight is 456 g/mol. The first kappa shape index (κ1) is 22.6. The summed E-state index contributed by atoms with van der Waals surface area (Å²) in [5.74, 6) is -3.68. The number of rotatable bonds is 7. The van der Waals surface area contributed by atoms with E-state index >= 15 is 0 Å². The van der Waals surface area contributed by atoms with E-state index in [9.17, 15) is 28.8 Å². The molecule has 0 bridgehead atoms. The summed E-state index contributed by atoms with van der Waals surface area (Å²) in [7, 11) is 0. The summed E-state index contributed by atoms with van der Waals surface area (Å²) in [6.07, 6.45) is 1.98. The Morgan fingerprint density at radius 3 is 2.27 bits per heavy atom. The van der Waals surface area contributed by atoms with Gasteiger partial charge in [-0.25, -0.2) is 4.90 Å². The molecule has 174 valence electrons. The Balaban J connectivity index is 1.32. The highest BCUT2D eigenvalue weighted by atomic mass is 16.5. The van der Waals surface area contributed by atoms with E-state index in [-0.39, 0.29) is 36.4 Å². The molecule has 5 amide bonds. The van der Waals surface area contributed by atoms with Crippen molar-refractivity contribution in [3.63, 3.8) is 0 Å². The van der Waals surface area contributed by atoms with Crippen molar-refractivity contribution in [3.05, 3.63) is 35.4 Å². The molecule has 0 aromatic heterocycles. The van der Waals surface area contributed by atoms with Crippen LogP contribution >= 0.6 is 0 Å². The molecule has 33 heavy (non-hydrogen) atoms. The Hall–Kier alpha value is -3.60. The minimum atomic E-state index is -1.16. The Labute approximate surface area is 189 Å². The molecule has 0 aliphatic carbocycles. The number of esters is 1. The molecule has 11 heteroatoms. The number of nitrogens with zero attached hydrogens (tertiary/aromatic N) is 3. The van der Waals surface area contributed by atoms with Crippen molar-refractivity contribution < 1.29 is 33.5 Å². The Bertz CT molecular complexity index is 983. The number of amides is 5. The van der Waals surface area contributed by atoms with Gasteiger partial charge in [0.1, 0.15) is 12.6 Å². The molecule has 3 aliphatic rings. The van der Waals surface area contributed by atoms with E-state index < -0.39 is 48.9 Å². The predicted octanol–water partition coefficient (Wildman–Crippen LogP) is -0.487. The number of piperidine rings is 1. The molecular weight excluding hydrogens is 432 g/mol. The first-order valence-corrected chi connectivity index (χ1v) is 10.8. The monoisotopic (exact) mass is 456 g/mol. The Kier molecular flexibility index (Phi) is 6.50. The normalized spacial score (nSPS) is 20.9. The molecule has 1 N–H and O–H groups in total. The number of hydrogen-bond donors (Lipinski definition) is 1. The molecule has 1 aromatic rings. The van der Waals surface area contributed by atoms with Crippen LogP contribution in [-0.2, 0) is 23.9 Å². The summed E-state index contributed by atoms with van der Waals surface area (Å²) in [5.41, 5.74) is 0.407. The topological polar surface area (TPSA) is 133 Å². The van der Waals surface area contributed by atoms with Crippen molar-refractivity contribution in [3.8, 4) is 0 Å². The largest absolute Gasteiger partial charge is 0.442 e. The SMILES string of the molecule is O=C(CN1CCCC1)NCC(=O)OCN1C(=O)CCC(N2C(=O)c3ccccc3C2=O)C1=O. The van der Waals surface area contributed by atoms with Gasteiger partial charge < -0.3 is 10.1 Å². The third kappa shape index (κ3) is 4.63. The Morgan fingerprint density at radius 2 is 1.64 bits per heavy atom. The van der Waals surface area contributed by atoms with E-state index in [0.29, 0.717) is 0 Å². The lowest BCUT2D eigenvalue weighted by Gasteiger charge is -2.33. The van der Waals surface area contributed by atoms with Gasteiger partial charge in [0.05, 0.1) is 17.7 Å². The van der Waals surface area contributed by atoms with E-state index in [1.165, 1.54) is 12.1 Å². The van der Waals surface area contributed by atoms with Crippen molar-refractivity contribution in [2.24, 2.45) is 0 Å². The summed E-state index contributed by atoms with van der Waals surface area (Å²) in [4.78, 5) is 78.1. The number of imide groups is 2. The Morgan fingerprint density at radius 1 is 1.00 bits per heavy atom. The smallest absolute Gasteiger partial charge is 0.327 e. The number of ether oxygens (including phenoxy) is 1. The average Bonchev–Trinajstić information content (AvgIpc) is 3.39. The van der Waals surface area contributed by atoms with Gasteiger partial charge in [-0.15, -0.1) is 0 Å². The van der Waals surface area contributed by atoms with Gasteiger partial charge in [-0.05, 0) is 44.5 Å². The molecule has 1 aromatic carbocycles. The summed E-state index contributed by atoms with van der Waals surface area (Å²) in [6, 6.07) is 5.09. The van der Waals surface area contributed by atoms with Crippen molar-refractivity contribution in [2.75, 3.05) is 32.9 Å². The van der Waals surface area contributed by atoms with Crippen molar-refractivity contribution in [1.82, 2.24) is 20.0 Å². The van der Waals surface area contributed by atoms with Crippen LogP contribution in [-0.4, -0.2) is 89.2 Å². The molecule has 2 saturated heterocycles. The molecule has 11 nitrogen and oxygen atoms in total. The number of carbonyl (C=O) groups is 6. The van der Waals surface area contributed by atoms with Gasteiger partial charge in [-0.2, -0.15) is 0 Å². The minimum absolute atomic E-state index is 0.000138. The fourth-order valence-electron chi connectivity index (χ4n) is 4.25. The minimum Gasteiger partial charge on any atom is -0.442 e. The summed E-state index contributed by atoms with van der Waals surface area (Å²) in [5, 5.41) is 2.45. The number of benzene rings is 1. The molecule has 0 radical (unpaired) electrons. The quantitative estimate of drug-likeness (QED) is 0.429. The maximum atomic E-state index is 12.9. The highest BCUT2D eigenvalue weighted by Crippen LogP contribution is 2.28. The van der Waals surface area contributed by atoms with Crippen LogP contribution in [0.3, 0.4) is 0 Å². The van der Waals surface area contributed by atoms with Crippen LogP contribution in [0.15, 0.2) is 24.3 Å². The molecule has 2 fully saturated rings. The first-order valence-electron chi connectivity index (χ1n) is 10.8. The van der Waals surface area contributed by atoms with Crippen molar-refractivity contribution >= 4 is 35.5 Å². The fraction of sp³-hybridized carbons (Fsp3) is 0.455. The maximum absolute atomic E-state index is 12.9. The van der Waals surface area contributed by atoms with Gasteiger partial charge in [0.15, 0.2) is 6.73 Å². The van der Waals surface area contributed by atoms with Gasteiger partial charge in [0, 0.05) is 6.42 Å². The highest BCUT2D eigenvalue weighted by Gasteiger charge is 2.47. The van der Waals surface area contributed by atoms with Gasteiger partial charge in [-0.3, -0.25) is 38.6 Å². The molecule has 0 spiro atoms. The van der Waals surface area contributed by atoms with Crippen LogP contribution in [0.25, 0.3) is 0 Å². The summed E-state index contributed by atoms with van der Waals surface area (Å²) >= 11 is 0. The van der Waals surface area contributed by atoms with Gasteiger partial charge in [0.2, 0.25) is 11.8 Å². The van der Waals surface area contributed by atoms with Crippen LogP contribution in [0.2, 0.25) is 0 Å². The maximum Gasteiger partial charge on any atom is 0.327 e. The lowest BCUT2D eigenvalue weighted by molar-refractivity contribution is -0.163. The molecule has 3 heterocycles. The number of carbonyl (C=O) groups excluding carboxylic acids is 6. The van der Waals surface area contributed by atoms with E-state index in [2.05, 4.69) is 5.32 Å². The summed E-state index contributed by atoms with van der Waals surface area (Å²) in [6.45, 7) is 0.817. The molecule has 4 rings (SSSR count). The van der Waals surface area contributed by atoms with E-state index in [0.717, 1.165) is 35.7 Å². The molecule has 3 aliphatic heterocycles. The zero-order valence-electron chi connectivity index (χ0n) is 18.0. The molecule has 1 unspecified atom stereocenters. The van der Waals surface area contributed by atoms with E-state index in [4.69, 9.17) is 4.74 Å². The van der Waals surface area contributed by atoms with Crippen LogP contribution < -0.4 is 5.32 Å². The van der Waals surface area contributed by atoms with Gasteiger partial charge >= 0.3 is 5.97 Å². The number of nitrogens with one attached hydrogen (secondary N) is 1. The van der Waals surface area contributed by atoms with E-state index in [1.54, 1.807) is 12.1 Å². The second-order valence-corrected chi connectivity index (χ2v) is 8.15. The number of hydrogen-bond acceptors (Lipinski definition) is 8. The van der Waals surface area contributed by atoms with Crippen molar-refractivity contribution in [1.29, 1.82) is 0 Å². The first-order chi connectivity index (χ1) is 15.9. The van der Waals surface area contributed by atoms with Crippen molar-refractivity contribution in [2.45, 2.75) is 31.7 Å². The van der Waals surface area contributed by atoms with Gasteiger partial charge in [0.25, 0.3) is 17.7 Å². The second kappa shape index (κ2) is 9.49. The lowest BCUT2D eigenvalue weighted by atomic mass is 10.0. The third-order valence-corrected chi connectivity index (χ3v) is 5.97. The highest BCUT2D eigenvalue weighted by molar-refractivity contribution is 6.23. The number of likely N-dealkylation sites (tertiary alicyclic amines) is 2. The van der Waals surface area contributed by atoms with Gasteiger partial charge in [-0.1, -0.05) is 12.1 Å². The zero-order valence-corrected chi connectivity index (χ0v) is 18.0.